The Bertz CT molecular complexity index is 1000. The summed E-state index contributed by atoms with van der Waals surface area (Å²) < 4.78 is 44.3. The average molecular weight is 434 g/mol. The van der Waals surface area contributed by atoms with Crippen LogP contribution in [0.2, 0.25) is 0 Å². The van der Waals surface area contributed by atoms with Crippen LogP contribution in [0.15, 0.2) is 54.7 Å². The highest BCUT2D eigenvalue weighted by Gasteiger charge is 2.30. The van der Waals surface area contributed by atoms with Crippen molar-refractivity contribution in [1.29, 1.82) is 0 Å². The second-order valence-corrected chi connectivity index (χ2v) is 7.77. The first kappa shape index (κ1) is 21.8. The van der Waals surface area contributed by atoms with Gasteiger partial charge in [-0.3, -0.25) is 10.1 Å². The maximum atomic E-state index is 12.9. The van der Waals surface area contributed by atoms with Crippen molar-refractivity contribution in [2.45, 2.75) is 32.4 Å². The molecule has 3 rings (SSSR count). The summed E-state index contributed by atoms with van der Waals surface area (Å²) in [5, 5.41) is 3.12. The number of alkyl halides is 3. The van der Waals surface area contributed by atoms with Crippen LogP contribution < -0.4 is 10.1 Å². The summed E-state index contributed by atoms with van der Waals surface area (Å²) in [6.07, 6.45) is -0.642. The number of nitrogens with zero attached hydrogens (tertiary/aromatic N) is 1. The number of carbonyl (C=O) groups is 1. The normalized spacial score (nSPS) is 11.3. The van der Waals surface area contributed by atoms with Gasteiger partial charge in [0, 0.05) is 17.5 Å². The first-order valence-electron chi connectivity index (χ1n) is 9.51. The first-order valence-corrected chi connectivity index (χ1v) is 10.3. The monoisotopic (exact) mass is 434 g/mol. The van der Waals surface area contributed by atoms with Gasteiger partial charge in [0.25, 0.3) is 5.91 Å². The van der Waals surface area contributed by atoms with Crippen LogP contribution in [0.1, 0.15) is 46.1 Å². The molecule has 1 aromatic heterocycles. The Labute approximate surface area is 176 Å². The number of ether oxygens (including phenoxy) is 1. The van der Waals surface area contributed by atoms with Gasteiger partial charge in [-0.2, -0.15) is 13.2 Å². The van der Waals surface area contributed by atoms with E-state index in [0.29, 0.717) is 35.0 Å². The van der Waals surface area contributed by atoms with Crippen LogP contribution in [0.25, 0.3) is 0 Å². The van der Waals surface area contributed by atoms with E-state index in [1.54, 1.807) is 36.5 Å². The van der Waals surface area contributed by atoms with Gasteiger partial charge in [-0.05, 0) is 30.2 Å². The van der Waals surface area contributed by atoms with Crippen molar-refractivity contribution >= 4 is 22.4 Å². The molecule has 0 bridgehead atoms. The predicted molar refractivity (Wildman–Crippen MR) is 111 cm³/mol. The number of benzene rings is 2. The van der Waals surface area contributed by atoms with Gasteiger partial charge >= 0.3 is 6.18 Å². The van der Waals surface area contributed by atoms with Gasteiger partial charge in [0.2, 0.25) is 0 Å². The highest BCUT2D eigenvalue weighted by atomic mass is 32.1. The van der Waals surface area contributed by atoms with Crippen molar-refractivity contribution in [3.05, 3.63) is 76.3 Å². The summed E-state index contributed by atoms with van der Waals surface area (Å²) in [6, 6.07) is 12.2. The van der Waals surface area contributed by atoms with E-state index in [4.69, 9.17) is 4.74 Å². The smallest absolute Gasteiger partial charge is 0.416 e. The molecule has 0 radical (unpaired) electrons. The number of unbranched alkanes of at least 4 members (excludes halogenated alkanes) is 1. The third-order valence-electron chi connectivity index (χ3n) is 4.29. The van der Waals surface area contributed by atoms with E-state index in [1.165, 1.54) is 17.4 Å². The van der Waals surface area contributed by atoms with E-state index in [1.807, 2.05) is 0 Å². The number of hydrogen-bond acceptors (Lipinski definition) is 4. The van der Waals surface area contributed by atoms with Crippen LogP contribution in [0.5, 0.6) is 5.75 Å². The van der Waals surface area contributed by atoms with Crippen LogP contribution in [0.4, 0.5) is 18.3 Å². The van der Waals surface area contributed by atoms with Gasteiger partial charge in [-0.25, -0.2) is 4.98 Å². The van der Waals surface area contributed by atoms with Gasteiger partial charge in [0.05, 0.1) is 17.7 Å². The van der Waals surface area contributed by atoms with E-state index >= 15 is 0 Å². The zero-order chi connectivity index (χ0) is 21.6. The molecule has 2 aromatic carbocycles. The number of thiazole rings is 1. The fourth-order valence-corrected chi connectivity index (χ4v) is 3.62. The lowest BCUT2D eigenvalue weighted by Crippen LogP contribution is -2.13. The van der Waals surface area contributed by atoms with Crippen LogP contribution in [0.3, 0.4) is 0 Å². The number of carbonyl (C=O) groups excluding carboxylic acids is 1. The number of aromatic nitrogens is 1. The summed E-state index contributed by atoms with van der Waals surface area (Å²) in [4.78, 5) is 17.6. The molecule has 158 valence electrons. The molecule has 8 heteroatoms. The molecule has 0 saturated carbocycles. The highest BCUT2D eigenvalue weighted by Crippen LogP contribution is 2.31. The van der Waals surface area contributed by atoms with E-state index in [2.05, 4.69) is 17.2 Å². The van der Waals surface area contributed by atoms with E-state index in [9.17, 15) is 18.0 Å². The Hall–Kier alpha value is -2.87. The zero-order valence-electron chi connectivity index (χ0n) is 16.3. The lowest BCUT2D eigenvalue weighted by Gasteiger charge is -2.10. The maximum absolute atomic E-state index is 12.9. The Balaban J connectivity index is 1.67. The molecule has 1 N–H and O–H groups in total. The molecule has 0 aliphatic heterocycles. The van der Waals surface area contributed by atoms with E-state index < -0.39 is 11.7 Å². The van der Waals surface area contributed by atoms with Crippen LogP contribution in [-0.2, 0) is 12.6 Å². The third kappa shape index (κ3) is 5.82. The molecule has 0 unspecified atom stereocenters. The van der Waals surface area contributed by atoms with Gasteiger partial charge in [0.15, 0.2) is 5.13 Å². The molecule has 1 heterocycles. The highest BCUT2D eigenvalue weighted by molar-refractivity contribution is 7.15. The van der Waals surface area contributed by atoms with Gasteiger partial charge in [0.1, 0.15) is 5.75 Å². The minimum atomic E-state index is -4.38. The van der Waals surface area contributed by atoms with Crippen molar-refractivity contribution < 1.29 is 22.7 Å². The molecule has 0 saturated heterocycles. The second-order valence-electron chi connectivity index (χ2n) is 6.66. The largest absolute Gasteiger partial charge is 0.493 e. The average Bonchev–Trinajstić information content (AvgIpc) is 3.14. The summed E-state index contributed by atoms with van der Waals surface area (Å²) in [5.74, 6) is 0.159. The fourth-order valence-electron chi connectivity index (χ4n) is 2.78. The molecule has 30 heavy (non-hydrogen) atoms. The number of nitrogens with one attached hydrogen (secondary N) is 1. The van der Waals surface area contributed by atoms with Gasteiger partial charge < -0.3 is 4.74 Å². The predicted octanol–water partition coefficient (Wildman–Crippen LogP) is 6.18. The van der Waals surface area contributed by atoms with Crippen molar-refractivity contribution in [1.82, 2.24) is 4.98 Å². The quantitative estimate of drug-likeness (QED) is 0.431. The fraction of sp³-hybridized carbons (Fsp3) is 0.273. The molecule has 0 atom stereocenters. The van der Waals surface area contributed by atoms with Gasteiger partial charge in [-0.15, -0.1) is 11.3 Å². The molecule has 1 amide bonds. The van der Waals surface area contributed by atoms with Crippen LogP contribution in [-0.4, -0.2) is 17.5 Å². The minimum absolute atomic E-state index is 0.300. The maximum Gasteiger partial charge on any atom is 0.416 e. The number of anilines is 1. The Morgan fingerprint density at radius 1 is 1.17 bits per heavy atom. The van der Waals surface area contributed by atoms with E-state index in [0.717, 1.165) is 29.9 Å². The van der Waals surface area contributed by atoms with Gasteiger partial charge in [-0.1, -0.05) is 43.7 Å². The Morgan fingerprint density at radius 3 is 2.73 bits per heavy atom. The number of hydrogen-bond donors (Lipinski definition) is 1. The molecule has 0 fully saturated rings. The van der Waals surface area contributed by atoms with Crippen molar-refractivity contribution in [3.8, 4) is 5.75 Å². The summed E-state index contributed by atoms with van der Waals surface area (Å²) in [6.45, 7) is 2.58. The topological polar surface area (TPSA) is 51.2 Å². The Kier molecular flexibility index (Phi) is 7.10. The molecular weight excluding hydrogens is 413 g/mol. The number of rotatable bonds is 8. The third-order valence-corrected chi connectivity index (χ3v) is 5.21. The van der Waals surface area contributed by atoms with Crippen molar-refractivity contribution in [2.75, 3.05) is 11.9 Å². The zero-order valence-corrected chi connectivity index (χ0v) is 17.1. The molecule has 0 spiro atoms. The van der Waals surface area contributed by atoms with Crippen molar-refractivity contribution in [2.24, 2.45) is 0 Å². The van der Waals surface area contributed by atoms with Crippen LogP contribution in [0, 0.1) is 0 Å². The summed E-state index contributed by atoms with van der Waals surface area (Å²) in [7, 11) is 0. The lowest BCUT2D eigenvalue weighted by atomic mass is 10.1. The Morgan fingerprint density at radius 2 is 1.97 bits per heavy atom. The molecule has 0 aliphatic carbocycles. The SMILES string of the molecule is CCCCOc1ccccc1C(=O)Nc1ncc(Cc2cccc(C(F)(F)F)c2)s1. The molecule has 3 aromatic rings. The standard InChI is InChI=1S/C22H21F3N2O2S/c1-2-3-11-29-19-10-5-4-9-18(19)20(28)27-21-26-14-17(30-21)13-15-7-6-8-16(12-15)22(23,24)25/h4-10,12,14H,2-3,11,13H2,1H3,(H,26,27,28). The lowest BCUT2D eigenvalue weighted by molar-refractivity contribution is -0.137. The molecule has 4 nitrogen and oxygen atoms in total. The summed E-state index contributed by atoms with van der Waals surface area (Å²) in [5.41, 5.74) is 0.252. The number of para-hydroxylation sites is 1. The minimum Gasteiger partial charge on any atom is -0.493 e. The number of amides is 1. The van der Waals surface area contributed by atoms with E-state index in [-0.39, 0.29) is 5.91 Å². The van der Waals surface area contributed by atoms with Crippen molar-refractivity contribution in [3.63, 3.8) is 0 Å². The second kappa shape index (κ2) is 9.75. The number of halogens is 3. The summed E-state index contributed by atoms with van der Waals surface area (Å²) >= 11 is 1.23. The first-order chi connectivity index (χ1) is 14.4. The molecule has 0 aliphatic rings. The van der Waals surface area contributed by atoms with Crippen LogP contribution >= 0.6 is 11.3 Å². The molecular formula is C22H21F3N2O2S.